The molecule has 0 aliphatic rings. The van der Waals surface area contributed by atoms with Crippen molar-refractivity contribution in [2.75, 3.05) is 5.32 Å². The molecule has 0 radical (unpaired) electrons. The number of amides is 1. The molecule has 6 nitrogen and oxygen atoms in total. The number of aromatic nitrogens is 1. The summed E-state index contributed by atoms with van der Waals surface area (Å²) < 4.78 is 41.0. The highest BCUT2D eigenvalue weighted by molar-refractivity contribution is 7.91. The largest absolute Gasteiger partial charge is 0.591 e. The van der Waals surface area contributed by atoms with E-state index in [1.54, 1.807) is 20.8 Å². The summed E-state index contributed by atoms with van der Waals surface area (Å²) in [5, 5.41) is 10.7. The van der Waals surface area contributed by atoms with Gasteiger partial charge in [-0.05, 0) is 39.8 Å². The Hall–Kier alpha value is -1.74. The van der Waals surface area contributed by atoms with Crippen molar-refractivity contribution >= 4 is 28.9 Å². The van der Waals surface area contributed by atoms with E-state index in [1.807, 2.05) is 5.32 Å². The zero-order valence-electron chi connectivity index (χ0n) is 12.6. The van der Waals surface area contributed by atoms with Crippen molar-refractivity contribution in [2.45, 2.75) is 38.9 Å². The lowest BCUT2D eigenvalue weighted by Gasteiger charge is -2.18. The molecule has 0 bridgehead atoms. The Morgan fingerprint density at radius 3 is 2.50 bits per heavy atom. The van der Waals surface area contributed by atoms with Crippen molar-refractivity contribution in [3.63, 3.8) is 0 Å². The van der Waals surface area contributed by atoms with Gasteiger partial charge in [-0.1, -0.05) is 4.40 Å². The van der Waals surface area contributed by atoms with Gasteiger partial charge in [-0.2, -0.15) is 0 Å². The molecule has 122 valence electrons. The van der Waals surface area contributed by atoms with Gasteiger partial charge < -0.3 is 9.66 Å². The molecule has 1 heterocycles. The molecule has 1 aromatic heterocycles. The van der Waals surface area contributed by atoms with Crippen LogP contribution in [-0.4, -0.2) is 31.2 Å². The Bertz CT molecular complexity index is 588. The topological polar surface area (TPSA) is 97.6 Å². The van der Waals surface area contributed by atoms with Gasteiger partial charge in [0.2, 0.25) is 0 Å². The van der Waals surface area contributed by atoms with Crippen molar-refractivity contribution < 1.29 is 23.2 Å². The molecule has 2 N–H and O–H groups in total. The first kappa shape index (κ1) is 18.3. The van der Waals surface area contributed by atoms with Crippen LogP contribution in [-0.2, 0) is 11.4 Å². The normalized spacial score (nSPS) is 14.1. The summed E-state index contributed by atoms with van der Waals surface area (Å²) in [5.74, 6) is 0. The number of hydrogen-bond acceptors (Lipinski definition) is 4. The lowest BCUT2D eigenvalue weighted by molar-refractivity contribution is 0.146. The molecule has 0 saturated heterocycles. The van der Waals surface area contributed by atoms with Crippen LogP contribution in [0.5, 0.6) is 0 Å². The smallest absolute Gasteiger partial charge is 0.409 e. The molecule has 1 amide bonds. The predicted octanol–water partition coefficient (Wildman–Crippen LogP) is 3.38. The van der Waals surface area contributed by atoms with Gasteiger partial charge in [0.15, 0.2) is 0 Å². The highest BCUT2D eigenvalue weighted by atomic mass is 32.2. The summed E-state index contributed by atoms with van der Waals surface area (Å²) in [4.78, 5) is 14.4. The first-order valence-electron chi connectivity index (χ1n) is 6.28. The van der Waals surface area contributed by atoms with Crippen LogP contribution >= 0.6 is 0 Å². The first-order valence-corrected chi connectivity index (χ1v) is 7.39. The van der Waals surface area contributed by atoms with Gasteiger partial charge in [0.25, 0.3) is 6.43 Å². The fourth-order valence-corrected chi connectivity index (χ4v) is 1.97. The summed E-state index contributed by atoms with van der Waals surface area (Å²) in [6.07, 6.45) is -4.25. The van der Waals surface area contributed by atoms with Gasteiger partial charge in [0.05, 0.1) is 5.69 Å². The third kappa shape index (κ3) is 5.23. The number of alkyl halides is 2. The van der Waals surface area contributed by atoms with Crippen LogP contribution < -0.4 is 5.32 Å². The van der Waals surface area contributed by atoms with Gasteiger partial charge in [0, 0.05) is 5.69 Å². The molecule has 0 spiro atoms. The molecule has 0 fully saturated rings. The van der Waals surface area contributed by atoms with E-state index in [1.165, 1.54) is 13.0 Å². The van der Waals surface area contributed by atoms with Gasteiger partial charge in [0.1, 0.15) is 27.5 Å². The molecule has 1 rings (SSSR count). The lowest BCUT2D eigenvalue weighted by Crippen LogP contribution is -2.27. The molecule has 1 atom stereocenters. The van der Waals surface area contributed by atoms with Crippen molar-refractivity contribution in [3.8, 4) is 0 Å². The van der Waals surface area contributed by atoms with Crippen molar-refractivity contribution in [3.05, 3.63) is 23.5 Å². The fraction of sp³-hybridized carbons (Fsp3) is 0.462. The van der Waals surface area contributed by atoms with Crippen LogP contribution in [0.3, 0.4) is 0 Å². The van der Waals surface area contributed by atoms with Gasteiger partial charge in [-0.15, -0.1) is 0 Å². The third-order valence-electron chi connectivity index (χ3n) is 2.43. The molecule has 0 saturated carbocycles. The second-order valence-electron chi connectivity index (χ2n) is 5.44. The number of rotatable bonds is 4. The second-order valence-corrected chi connectivity index (χ2v) is 7.34. The zero-order chi connectivity index (χ0) is 17.1. The van der Waals surface area contributed by atoms with Gasteiger partial charge >= 0.3 is 6.09 Å². The van der Waals surface area contributed by atoms with Crippen LogP contribution in [0.2, 0.25) is 0 Å². The number of nitrogens with one attached hydrogen (secondary N) is 1. The average Bonchev–Trinajstić information content (AvgIpc) is 2.36. The number of anilines is 1. The van der Waals surface area contributed by atoms with Crippen LogP contribution in [0.15, 0.2) is 16.5 Å². The van der Waals surface area contributed by atoms with E-state index >= 15 is 0 Å². The summed E-state index contributed by atoms with van der Waals surface area (Å²) in [7, 11) is 0. The molecular weight excluding hydrogens is 316 g/mol. The van der Waals surface area contributed by atoms with Crippen molar-refractivity contribution in [2.24, 2.45) is 4.40 Å². The minimum atomic E-state index is -2.87. The van der Waals surface area contributed by atoms with Crippen LogP contribution in [0, 0.1) is 0 Å². The highest BCUT2D eigenvalue weighted by Gasteiger charge is 2.27. The van der Waals surface area contributed by atoms with Gasteiger partial charge in [-0.3, -0.25) is 5.32 Å². The molecule has 1 aromatic rings. The number of hydrogen-bond donors (Lipinski definition) is 2. The maximum atomic E-state index is 12.8. The Balaban J connectivity index is 3.24. The zero-order valence-corrected chi connectivity index (χ0v) is 13.4. The molecule has 22 heavy (non-hydrogen) atoms. The minimum absolute atomic E-state index is 0.0409. The van der Waals surface area contributed by atoms with E-state index in [4.69, 9.17) is 5.11 Å². The number of nitrogens with zero attached hydrogens (tertiary/aromatic N) is 2. The molecule has 0 aromatic carbocycles. The number of halogens is 2. The number of carboxylic acid groups (broad SMARTS) is 1. The van der Waals surface area contributed by atoms with Crippen molar-refractivity contribution in [1.29, 1.82) is 0 Å². The molecule has 0 aliphatic heterocycles. The Morgan fingerprint density at radius 2 is 2.05 bits per heavy atom. The van der Waals surface area contributed by atoms with Crippen LogP contribution in [0.25, 0.3) is 0 Å². The first-order chi connectivity index (χ1) is 10.0. The quantitative estimate of drug-likeness (QED) is 0.652. The lowest BCUT2D eigenvalue weighted by atomic mass is 10.2. The highest BCUT2D eigenvalue weighted by Crippen LogP contribution is 2.23. The number of carbonyl (C=O) groups is 1. The SMILES string of the molecule is CC(=N[S@@+]([O-])C(C)(C)C)c1cc(NC(=O)O)cc(C(F)F)n1. The van der Waals surface area contributed by atoms with E-state index in [-0.39, 0.29) is 17.1 Å². The van der Waals surface area contributed by atoms with Crippen LogP contribution in [0.4, 0.5) is 19.3 Å². The van der Waals surface area contributed by atoms with Crippen LogP contribution in [0.1, 0.15) is 45.5 Å². The Morgan fingerprint density at radius 1 is 1.45 bits per heavy atom. The Labute approximate surface area is 130 Å². The summed E-state index contributed by atoms with van der Waals surface area (Å²) in [6.45, 7) is 6.65. The molecular formula is C13H17F2N3O3S. The second kappa shape index (κ2) is 7.01. The standard InChI is InChI=1S/C13H17F2N3O3S/c1-7(18-22(21)13(2,3)4)9-5-8(16-12(19)20)6-10(17-9)11(14)15/h5-6,11H,1-4H3,(H,16,17)(H,19,20)/t22-/m0/s1. The predicted molar refractivity (Wildman–Crippen MR) is 80.9 cm³/mol. The molecule has 0 aliphatic carbocycles. The maximum Gasteiger partial charge on any atom is 0.409 e. The van der Waals surface area contributed by atoms with E-state index in [0.717, 1.165) is 6.07 Å². The summed E-state index contributed by atoms with van der Waals surface area (Å²) in [5.41, 5.74) is -0.412. The summed E-state index contributed by atoms with van der Waals surface area (Å²) >= 11 is -1.58. The van der Waals surface area contributed by atoms with E-state index in [0.29, 0.717) is 0 Å². The maximum absolute atomic E-state index is 12.8. The fourth-order valence-electron chi connectivity index (χ4n) is 1.35. The monoisotopic (exact) mass is 333 g/mol. The summed E-state index contributed by atoms with van der Waals surface area (Å²) in [6, 6.07) is 2.20. The molecule has 0 unspecified atom stereocenters. The van der Waals surface area contributed by atoms with E-state index in [9.17, 15) is 18.1 Å². The third-order valence-corrected chi connectivity index (χ3v) is 3.92. The van der Waals surface area contributed by atoms with Gasteiger partial charge in [-0.25, -0.2) is 18.6 Å². The minimum Gasteiger partial charge on any atom is -0.591 e. The number of pyridine rings is 1. The van der Waals surface area contributed by atoms with E-state index in [2.05, 4.69) is 9.38 Å². The Kier molecular flexibility index (Phi) is 5.84. The van der Waals surface area contributed by atoms with Crippen molar-refractivity contribution in [1.82, 2.24) is 4.98 Å². The van der Waals surface area contributed by atoms with E-state index < -0.39 is 34.3 Å². The molecule has 9 heteroatoms. The average molecular weight is 333 g/mol.